The van der Waals surface area contributed by atoms with Crippen molar-refractivity contribution in [3.05, 3.63) is 77.5 Å². The van der Waals surface area contributed by atoms with E-state index in [0.29, 0.717) is 6.54 Å². The largest absolute Gasteiger partial charge is 0.366 e. The van der Waals surface area contributed by atoms with Crippen LogP contribution < -0.4 is 5.32 Å². The maximum absolute atomic E-state index is 13.2. The number of pyridine rings is 1. The van der Waals surface area contributed by atoms with Gasteiger partial charge in [-0.2, -0.15) is 9.61 Å². The number of hydrogen-bond donors (Lipinski definition) is 1. The van der Waals surface area contributed by atoms with E-state index in [1.165, 1.54) is 12.1 Å². The number of aromatic nitrogens is 4. The Kier molecular flexibility index (Phi) is 4.08. The monoisotopic (exact) mass is 347 g/mol. The van der Waals surface area contributed by atoms with E-state index in [1.54, 1.807) is 22.8 Å². The van der Waals surface area contributed by atoms with Crippen molar-refractivity contribution < 1.29 is 4.39 Å². The molecule has 0 aliphatic rings. The summed E-state index contributed by atoms with van der Waals surface area (Å²) in [4.78, 5) is 8.77. The minimum Gasteiger partial charge on any atom is -0.366 e. The molecule has 0 amide bonds. The number of aryl methyl sites for hydroxylation is 2. The van der Waals surface area contributed by atoms with Crippen molar-refractivity contribution in [1.82, 2.24) is 19.6 Å². The number of nitrogens with zero attached hydrogens (tertiary/aromatic N) is 4. The zero-order valence-electron chi connectivity index (χ0n) is 14.6. The van der Waals surface area contributed by atoms with Gasteiger partial charge in [-0.15, -0.1) is 0 Å². The maximum atomic E-state index is 13.2. The number of hydrogen-bond acceptors (Lipinski definition) is 4. The van der Waals surface area contributed by atoms with Crippen molar-refractivity contribution >= 4 is 11.5 Å². The van der Waals surface area contributed by atoms with Crippen LogP contribution in [0.5, 0.6) is 0 Å². The lowest BCUT2D eigenvalue weighted by Gasteiger charge is -2.09. The Hall–Kier alpha value is -3.28. The second-order valence-corrected chi connectivity index (χ2v) is 6.21. The van der Waals surface area contributed by atoms with Gasteiger partial charge in [-0.3, -0.25) is 4.98 Å². The van der Waals surface area contributed by atoms with Crippen molar-refractivity contribution in [2.75, 3.05) is 5.32 Å². The molecule has 0 unspecified atom stereocenters. The molecule has 4 rings (SSSR count). The van der Waals surface area contributed by atoms with Crippen LogP contribution in [0.3, 0.4) is 0 Å². The Morgan fingerprint density at radius 3 is 2.65 bits per heavy atom. The van der Waals surface area contributed by atoms with Gasteiger partial charge in [0.05, 0.1) is 5.69 Å². The molecule has 6 heteroatoms. The zero-order chi connectivity index (χ0) is 18.1. The third-order valence-electron chi connectivity index (χ3n) is 4.26. The summed E-state index contributed by atoms with van der Waals surface area (Å²) in [6.07, 6.45) is 3.58. The first kappa shape index (κ1) is 16.2. The molecule has 0 spiro atoms. The van der Waals surface area contributed by atoms with Gasteiger partial charge >= 0.3 is 0 Å². The van der Waals surface area contributed by atoms with Gasteiger partial charge in [0.15, 0.2) is 5.65 Å². The number of rotatable bonds is 4. The molecule has 0 radical (unpaired) electrons. The third-order valence-corrected chi connectivity index (χ3v) is 4.26. The van der Waals surface area contributed by atoms with Crippen LogP contribution in [0, 0.1) is 19.7 Å². The van der Waals surface area contributed by atoms with E-state index >= 15 is 0 Å². The first-order valence-electron chi connectivity index (χ1n) is 8.37. The molecule has 4 aromatic rings. The number of nitrogens with one attached hydrogen (secondary N) is 1. The molecular weight excluding hydrogens is 329 g/mol. The van der Waals surface area contributed by atoms with E-state index in [2.05, 4.69) is 15.3 Å². The van der Waals surface area contributed by atoms with Crippen LogP contribution in [0.1, 0.15) is 16.8 Å². The highest BCUT2D eigenvalue weighted by Gasteiger charge is 2.15. The lowest BCUT2D eigenvalue weighted by Crippen LogP contribution is -2.07. The smallest absolute Gasteiger partial charge is 0.161 e. The highest BCUT2D eigenvalue weighted by atomic mass is 19.1. The van der Waals surface area contributed by atoms with Crippen LogP contribution >= 0.6 is 0 Å². The SMILES string of the molecule is Cc1cc(NCc2cccnc2)n2nc(-c3ccc(F)cc3)c(C)c2n1. The Morgan fingerprint density at radius 1 is 1.12 bits per heavy atom. The number of fused-ring (bicyclic) bond motifs is 1. The van der Waals surface area contributed by atoms with E-state index in [0.717, 1.165) is 39.5 Å². The molecule has 130 valence electrons. The molecule has 0 saturated carbocycles. The Bertz CT molecular complexity index is 1060. The summed E-state index contributed by atoms with van der Waals surface area (Å²) in [6, 6.07) is 12.3. The normalized spacial score (nSPS) is 11.0. The first-order chi connectivity index (χ1) is 12.6. The Morgan fingerprint density at radius 2 is 1.92 bits per heavy atom. The average molecular weight is 347 g/mol. The lowest BCUT2D eigenvalue weighted by atomic mass is 10.1. The van der Waals surface area contributed by atoms with Crippen LogP contribution in [-0.2, 0) is 6.54 Å². The van der Waals surface area contributed by atoms with E-state index in [4.69, 9.17) is 5.10 Å². The summed E-state index contributed by atoms with van der Waals surface area (Å²) < 4.78 is 15.0. The molecular formula is C20H18FN5. The standard InChI is InChI=1S/C20H18FN5/c1-13-10-18(23-12-15-4-3-9-22-11-15)26-20(24-13)14(2)19(25-26)16-5-7-17(21)8-6-16/h3-11,23H,12H2,1-2H3. The van der Waals surface area contributed by atoms with E-state index in [-0.39, 0.29) is 5.82 Å². The quantitative estimate of drug-likeness (QED) is 0.602. The number of anilines is 1. The fourth-order valence-corrected chi connectivity index (χ4v) is 2.95. The van der Waals surface area contributed by atoms with Gasteiger partial charge in [-0.1, -0.05) is 6.07 Å². The van der Waals surface area contributed by atoms with Gasteiger partial charge in [0.2, 0.25) is 0 Å². The van der Waals surface area contributed by atoms with Crippen molar-refractivity contribution in [3.63, 3.8) is 0 Å². The third kappa shape index (κ3) is 3.01. The molecule has 0 saturated heterocycles. The topological polar surface area (TPSA) is 55.1 Å². The van der Waals surface area contributed by atoms with E-state index in [1.807, 2.05) is 38.2 Å². The van der Waals surface area contributed by atoms with Gasteiger partial charge in [0, 0.05) is 41.8 Å². The highest BCUT2D eigenvalue weighted by Crippen LogP contribution is 2.27. The van der Waals surface area contributed by atoms with Gasteiger partial charge < -0.3 is 5.32 Å². The van der Waals surface area contributed by atoms with Crippen LogP contribution in [0.15, 0.2) is 54.9 Å². The van der Waals surface area contributed by atoms with Gasteiger partial charge in [0.1, 0.15) is 11.6 Å². The highest BCUT2D eigenvalue weighted by molar-refractivity contribution is 5.71. The van der Waals surface area contributed by atoms with Crippen molar-refractivity contribution in [2.24, 2.45) is 0 Å². The van der Waals surface area contributed by atoms with Crippen molar-refractivity contribution in [3.8, 4) is 11.3 Å². The summed E-state index contributed by atoms with van der Waals surface area (Å²) in [7, 11) is 0. The minimum absolute atomic E-state index is 0.261. The van der Waals surface area contributed by atoms with Gasteiger partial charge in [0.25, 0.3) is 0 Å². The minimum atomic E-state index is -0.261. The van der Waals surface area contributed by atoms with E-state index < -0.39 is 0 Å². The molecule has 3 aromatic heterocycles. The molecule has 0 fully saturated rings. The average Bonchev–Trinajstić information content (AvgIpc) is 2.98. The molecule has 3 heterocycles. The van der Waals surface area contributed by atoms with Crippen molar-refractivity contribution in [2.45, 2.75) is 20.4 Å². The summed E-state index contributed by atoms with van der Waals surface area (Å²) in [5, 5.41) is 8.13. The molecule has 1 N–H and O–H groups in total. The van der Waals surface area contributed by atoms with Crippen LogP contribution in [0.4, 0.5) is 10.2 Å². The summed E-state index contributed by atoms with van der Waals surface area (Å²) >= 11 is 0. The molecule has 1 aromatic carbocycles. The van der Waals surface area contributed by atoms with Crippen LogP contribution in [0.25, 0.3) is 16.9 Å². The Balaban J connectivity index is 1.76. The predicted molar refractivity (Wildman–Crippen MR) is 99.4 cm³/mol. The fraction of sp³-hybridized carbons (Fsp3) is 0.150. The van der Waals surface area contributed by atoms with Crippen LogP contribution in [-0.4, -0.2) is 19.6 Å². The van der Waals surface area contributed by atoms with Crippen LogP contribution in [0.2, 0.25) is 0 Å². The summed E-state index contributed by atoms with van der Waals surface area (Å²) in [5.41, 5.74) is 5.40. The molecule has 5 nitrogen and oxygen atoms in total. The van der Waals surface area contributed by atoms with Crippen molar-refractivity contribution in [1.29, 1.82) is 0 Å². The molecule has 0 aliphatic heterocycles. The fourth-order valence-electron chi connectivity index (χ4n) is 2.95. The number of benzene rings is 1. The predicted octanol–water partition coefficient (Wildman–Crippen LogP) is 4.16. The Labute approximate surface area is 150 Å². The summed E-state index contributed by atoms with van der Waals surface area (Å²) in [5.74, 6) is 0.593. The first-order valence-corrected chi connectivity index (χ1v) is 8.37. The van der Waals surface area contributed by atoms with E-state index in [9.17, 15) is 4.39 Å². The zero-order valence-corrected chi connectivity index (χ0v) is 14.6. The second-order valence-electron chi connectivity index (χ2n) is 6.21. The van der Waals surface area contributed by atoms with Gasteiger partial charge in [-0.25, -0.2) is 9.37 Å². The lowest BCUT2D eigenvalue weighted by molar-refractivity contribution is 0.628. The molecule has 26 heavy (non-hydrogen) atoms. The molecule has 0 bridgehead atoms. The maximum Gasteiger partial charge on any atom is 0.161 e. The van der Waals surface area contributed by atoms with Gasteiger partial charge in [-0.05, 0) is 49.7 Å². The molecule has 0 atom stereocenters. The number of halogens is 1. The molecule has 0 aliphatic carbocycles. The summed E-state index contributed by atoms with van der Waals surface area (Å²) in [6.45, 7) is 4.58. The second kappa shape index (κ2) is 6.55.